The molecular weight excluding hydrogens is 335 g/mol. The van der Waals surface area contributed by atoms with Gasteiger partial charge in [-0.1, -0.05) is 22.0 Å². The maximum atomic E-state index is 13.8. The minimum absolute atomic E-state index is 0.159. The van der Waals surface area contributed by atoms with Gasteiger partial charge in [0.2, 0.25) is 5.91 Å². The number of amides is 1. The Morgan fingerprint density at radius 1 is 1.29 bits per heavy atom. The molecule has 2 aliphatic rings. The number of benzene rings is 1. The summed E-state index contributed by atoms with van der Waals surface area (Å²) in [6.07, 6.45) is 4.01. The molecule has 2 fully saturated rings. The number of rotatable bonds is 4. The topological polar surface area (TPSA) is 32.3 Å². The minimum atomic E-state index is -0.159. The van der Waals surface area contributed by atoms with Gasteiger partial charge in [0, 0.05) is 41.6 Å². The minimum Gasteiger partial charge on any atom is -0.353 e. The Labute approximate surface area is 133 Å². The number of piperidine rings is 1. The molecule has 1 aromatic carbocycles. The second-order valence-corrected chi connectivity index (χ2v) is 6.98. The van der Waals surface area contributed by atoms with Gasteiger partial charge >= 0.3 is 0 Å². The summed E-state index contributed by atoms with van der Waals surface area (Å²) in [7, 11) is 0. The van der Waals surface area contributed by atoms with Crippen molar-refractivity contribution in [3.05, 3.63) is 34.1 Å². The van der Waals surface area contributed by atoms with E-state index in [1.54, 1.807) is 0 Å². The van der Waals surface area contributed by atoms with Crippen LogP contribution in [0.25, 0.3) is 0 Å². The van der Waals surface area contributed by atoms with E-state index in [0.717, 1.165) is 48.8 Å². The lowest BCUT2D eigenvalue weighted by Crippen LogP contribution is -2.44. The van der Waals surface area contributed by atoms with E-state index in [-0.39, 0.29) is 17.6 Å². The highest BCUT2D eigenvalue weighted by atomic mass is 79.9. The normalized spacial score (nSPS) is 20.5. The summed E-state index contributed by atoms with van der Waals surface area (Å²) in [6, 6.07) is 5.52. The van der Waals surface area contributed by atoms with Crippen LogP contribution in [0.4, 0.5) is 4.39 Å². The molecule has 1 saturated heterocycles. The van der Waals surface area contributed by atoms with E-state index in [2.05, 4.69) is 26.1 Å². The Morgan fingerprint density at radius 2 is 2.00 bits per heavy atom. The third-order valence-corrected chi connectivity index (χ3v) is 4.78. The summed E-state index contributed by atoms with van der Waals surface area (Å²) in [6.45, 7) is 2.46. The molecule has 3 rings (SSSR count). The van der Waals surface area contributed by atoms with Crippen molar-refractivity contribution in [2.75, 3.05) is 13.1 Å². The van der Waals surface area contributed by atoms with Crippen molar-refractivity contribution in [3.8, 4) is 0 Å². The fraction of sp³-hybridized carbons (Fsp3) is 0.562. The molecule has 3 nitrogen and oxygen atoms in total. The fourth-order valence-corrected chi connectivity index (χ4v) is 3.12. The fourth-order valence-electron chi connectivity index (χ4n) is 2.79. The van der Waals surface area contributed by atoms with Gasteiger partial charge in [-0.2, -0.15) is 0 Å². The molecule has 1 saturated carbocycles. The number of likely N-dealkylation sites (tertiary alicyclic amines) is 1. The van der Waals surface area contributed by atoms with Crippen molar-refractivity contribution in [1.29, 1.82) is 0 Å². The van der Waals surface area contributed by atoms with Crippen molar-refractivity contribution in [2.24, 2.45) is 5.92 Å². The van der Waals surface area contributed by atoms with E-state index in [0.29, 0.717) is 12.6 Å². The molecular formula is C16H20BrFN2O. The van der Waals surface area contributed by atoms with Crippen molar-refractivity contribution >= 4 is 21.8 Å². The van der Waals surface area contributed by atoms with Gasteiger partial charge in [0.15, 0.2) is 0 Å². The summed E-state index contributed by atoms with van der Waals surface area (Å²) < 4.78 is 14.6. The highest BCUT2D eigenvalue weighted by molar-refractivity contribution is 9.10. The second-order valence-electron chi connectivity index (χ2n) is 6.07. The zero-order chi connectivity index (χ0) is 14.8. The quantitative estimate of drug-likeness (QED) is 0.900. The number of nitrogens with one attached hydrogen (secondary N) is 1. The number of hydrogen-bond donors (Lipinski definition) is 1. The molecule has 114 valence electrons. The smallest absolute Gasteiger partial charge is 0.223 e. The van der Waals surface area contributed by atoms with Crippen LogP contribution in [0.3, 0.4) is 0 Å². The van der Waals surface area contributed by atoms with E-state index >= 15 is 0 Å². The standard InChI is InChI=1S/C16H20BrFN2O/c17-13-4-3-12(15(18)9-13)10-20-7-5-14(6-8-20)19-16(21)11-1-2-11/h3-4,9,11,14H,1-2,5-8,10H2,(H,19,21). The van der Waals surface area contributed by atoms with E-state index in [4.69, 9.17) is 0 Å². The third kappa shape index (κ3) is 4.04. The van der Waals surface area contributed by atoms with Crippen LogP contribution in [0.15, 0.2) is 22.7 Å². The molecule has 0 unspecified atom stereocenters. The van der Waals surface area contributed by atoms with Gasteiger partial charge in [0.25, 0.3) is 0 Å². The van der Waals surface area contributed by atoms with Gasteiger partial charge in [-0.05, 0) is 37.8 Å². The Bertz CT molecular complexity index is 525. The molecule has 1 heterocycles. The summed E-state index contributed by atoms with van der Waals surface area (Å²) in [5.41, 5.74) is 0.735. The Hall–Kier alpha value is -0.940. The highest BCUT2D eigenvalue weighted by Gasteiger charge is 2.31. The van der Waals surface area contributed by atoms with Crippen LogP contribution in [-0.4, -0.2) is 29.9 Å². The second kappa shape index (κ2) is 6.44. The molecule has 0 bridgehead atoms. The van der Waals surface area contributed by atoms with Crippen LogP contribution in [0, 0.1) is 11.7 Å². The molecule has 1 aromatic rings. The number of carbonyl (C=O) groups is 1. The number of nitrogens with zero attached hydrogens (tertiary/aromatic N) is 1. The summed E-state index contributed by atoms with van der Waals surface area (Å²) >= 11 is 3.28. The Morgan fingerprint density at radius 3 is 2.62 bits per heavy atom. The monoisotopic (exact) mass is 354 g/mol. The van der Waals surface area contributed by atoms with E-state index in [9.17, 15) is 9.18 Å². The molecule has 5 heteroatoms. The van der Waals surface area contributed by atoms with Crippen LogP contribution >= 0.6 is 15.9 Å². The van der Waals surface area contributed by atoms with Crippen molar-refractivity contribution in [1.82, 2.24) is 10.2 Å². The third-order valence-electron chi connectivity index (χ3n) is 4.29. The van der Waals surface area contributed by atoms with Gasteiger partial charge in [-0.25, -0.2) is 4.39 Å². The Kier molecular flexibility index (Phi) is 4.60. The molecule has 1 N–H and O–H groups in total. The lowest BCUT2D eigenvalue weighted by atomic mass is 10.0. The van der Waals surface area contributed by atoms with E-state index in [1.165, 1.54) is 6.07 Å². The average molecular weight is 355 g/mol. The first-order chi connectivity index (χ1) is 10.1. The highest BCUT2D eigenvalue weighted by Crippen LogP contribution is 2.29. The van der Waals surface area contributed by atoms with Gasteiger partial charge < -0.3 is 5.32 Å². The van der Waals surface area contributed by atoms with Gasteiger partial charge in [-0.3, -0.25) is 9.69 Å². The number of carbonyl (C=O) groups excluding carboxylic acids is 1. The van der Waals surface area contributed by atoms with E-state index in [1.807, 2.05) is 12.1 Å². The maximum absolute atomic E-state index is 13.8. The molecule has 1 aliphatic carbocycles. The van der Waals surface area contributed by atoms with Crippen LogP contribution in [0.1, 0.15) is 31.2 Å². The van der Waals surface area contributed by atoms with Crippen LogP contribution < -0.4 is 5.32 Å². The van der Waals surface area contributed by atoms with Gasteiger partial charge in [0.1, 0.15) is 5.82 Å². The van der Waals surface area contributed by atoms with E-state index < -0.39 is 0 Å². The molecule has 0 atom stereocenters. The Balaban J connectivity index is 1.47. The predicted molar refractivity (Wildman–Crippen MR) is 83.3 cm³/mol. The number of halogens is 2. The maximum Gasteiger partial charge on any atom is 0.223 e. The average Bonchev–Trinajstić information content (AvgIpc) is 3.28. The lowest BCUT2D eigenvalue weighted by molar-refractivity contribution is -0.123. The van der Waals surface area contributed by atoms with Crippen LogP contribution in [0.2, 0.25) is 0 Å². The van der Waals surface area contributed by atoms with Crippen LogP contribution in [-0.2, 0) is 11.3 Å². The molecule has 0 spiro atoms. The SMILES string of the molecule is O=C(NC1CCN(Cc2ccc(Br)cc2F)CC1)C1CC1. The molecule has 0 radical (unpaired) electrons. The van der Waals surface area contributed by atoms with Crippen molar-refractivity contribution in [2.45, 2.75) is 38.3 Å². The zero-order valence-electron chi connectivity index (χ0n) is 11.9. The molecule has 0 aromatic heterocycles. The molecule has 21 heavy (non-hydrogen) atoms. The van der Waals surface area contributed by atoms with Gasteiger partial charge in [0.05, 0.1) is 0 Å². The number of hydrogen-bond acceptors (Lipinski definition) is 2. The first-order valence-electron chi connectivity index (χ1n) is 7.58. The molecule has 1 aliphatic heterocycles. The van der Waals surface area contributed by atoms with Crippen LogP contribution in [0.5, 0.6) is 0 Å². The van der Waals surface area contributed by atoms with Crippen molar-refractivity contribution < 1.29 is 9.18 Å². The first kappa shape index (κ1) is 15.0. The summed E-state index contributed by atoms with van der Waals surface area (Å²) in [4.78, 5) is 14.0. The summed E-state index contributed by atoms with van der Waals surface area (Å²) in [5.74, 6) is 0.348. The predicted octanol–water partition coefficient (Wildman–Crippen LogP) is 3.08. The van der Waals surface area contributed by atoms with Crippen molar-refractivity contribution in [3.63, 3.8) is 0 Å². The van der Waals surface area contributed by atoms with Gasteiger partial charge in [-0.15, -0.1) is 0 Å². The molecule has 1 amide bonds. The zero-order valence-corrected chi connectivity index (χ0v) is 13.5. The largest absolute Gasteiger partial charge is 0.353 e. The summed E-state index contributed by atoms with van der Waals surface area (Å²) in [5, 5.41) is 3.14. The first-order valence-corrected chi connectivity index (χ1v) is 8.38. The lowest BCUT2D eigenvalue weighted by Gasteiger charge is -2.32.